The van der Waals surface area contributed by atoms with Crippen LogP contribution in [0.25, 0.3) is 0 Å². The molecule has 0 spiro atoms. The summed E-state index contributed by atoms with van der Waals surface area (Å²) in [5.74, 6) is 1.22. The summed E-state index contributed by atoms with van der Waals surface area (Å²) in [4.78, 5) is 0. The molecule has 0 fully saturated rings. The van der Waals surface area contributed by atoms with Crippen LogP contribution < -0.4 is 14.9 Å². The monoisotopic (exact) mass is 391 g/mol. The van der Waals surface area contributed by atoms with Crippen molar-refractivity contribution in [1.82, 2.24) is 0 Å². The molecule has 2 aromatic carbocycles. The topological polar surface area (TPSA) is 79.9 Å². The summed E-state index contributed by atoms with van der Waals surface area (Å²) in [6.07, 6.45) is 9.51. The first kappa shape index (κ1) is 21.6. The molecule has 0 aromatic heterocycles. The van der Waals surface area contributed by atoms with Crippen LogP contribution in [-0.4, -0.2) is 14.2 Å². The van der Waals surface area contributed by atoms with E-state index in [1.54, 1.807) is 32.4 Å². The molecule has 0 heterocycles. The molecular formula is C22H25N5O2. The summed E-state index contributed by atoms with van der Waals surface area (Å²) >= 11 is 0. The van der Waals surface area contributed by atoms with Crippen molar-refractivity contribution in [2.75, 3.05) is 19.6 Å². The summed E-state index contributed by atoms with van der Waals surface area (Å²) in [6.45, 7) is 3.88. The Balaban J connectivity index is 2.16. The second kappa shape index (κ2) is 11.9. The van der Waals surface area contributed by atoms with Crippen molar-refractivity contribution in [1.29, 1.82) is 0 Å². The Bertz CT molecular complexity index is 946. The molecule has 1 N–H and O–H groups in total. The molecule has 7 heteroatoms. The highest BCUT2D eigenvalue weighted by molar-refractivity contribution is 5.59. The van der Waals surface area contributed by atoms with Gasteiger partial charge in [-0.3, -0.25) is 5.43 Å². The fraction of sp³-hybridized carbons (Fsp3) is 0.182. The van der Waals surface area contributed by atoms with Gasteiger partial charge < -0.3 is 9.47 Å². The van der Waals surface area contributed by atoms with Gasteiger partial charge in [0, 0.05) is 6.07 Å². The molecule has 0 saturated carbocycles. The van der Waals surface area contributed by atoms with Gasteiger partial charge in [0.2, 0.25) is 0 Å². The van der Waals surface area contributed by atoms with E-state index >= 15 is 0 Å². The number of hydrogen-bond donors (Lipinski definition) is 1. The van der Waals surface area contributed by atoms with Gasteiger partial charge in [-0.1, -0.05) is 35.6 Å². The molecule has 2 rings (SSSR count). The molecule has 0 unspecified atom stereocenters. The van der Waals surface area contributed by atoms with Crippen LogP contribution in [0.3, 0.4) is 0 Å². The lowest BCUT2D eigenvalue weighted by atomic mass is 10.2. The van der Waals surface area contributed by atoms with Crippen LogP contribution in [0.15, 0.2) is 99.1 Å². The van der Waals surface area contributed by atoms with Crippen LogP contribution in [0, 0.1) is 0 Å². The molecule has 0 atom stereocenters. The minimum atomic E-state index is 0.539. The van der Waals surface area contributed by atoms with E-state index < -0.39 is 0 Å². The average molecular weight is 391 g/mol. The van der Waals surface area contributed by atoms with Crippen LogP contribution in [-0.2, 0) is 0 Å². The summed E-state index contributed by atoms with van der Waals surface area (Å²) in [7, 11) is 3.17. The SMILES string of the molecule is C\C=C/C=C(\C=C/C)N=Nc1ccc(N=NNc2ccccc2OC)c(OC)c1. The lowest BCUT2D eigenvalue weighted by molar-refractivity contribution is 0.415. The first-order chi connectivity index (χ1) is 14.2. The minimum absolute atomic E-state index is 0.539. The maximum Gasteiger partial charge on any atom is 0.148 e. The third kappa shape index (κ3) is 6.73. The van der Waals surface area contributed by atoms with Crippen molar-refractivity contribution >= 4 is 17.1 Å². The highest BCUT2D eigenvalue weighted by atomic mass is 16.5. The third-order valence-corrected chi connectivity index (χ3v) is 3.68. The number of para-hydroxylation sites is 2. The Morgan fingerprint density at radius 3 is 2.45 bits per heavy atom. The molecule has 0 aliphatic heterocycles. The second-order valence-corrected chi connectivity index (χ2v) is 5.69. The Labute approximate surface area is 171 Å². The van der Waals surface area contributed by atoms with Gasteiger partial charge in [-0.25, -0.2) is 0 Å². The van der Waals surface area contributed by atoms with Gasteiger partial charge in [-0.05, 0) is 50.3 Å². The molecule has 0 saturated heterocycles. The highest BCUT2D eigenvalue weighted by Gasteiger charge is 2.04. The van der Waals surface area contributed by atoms with Crippen molar-refractivity contribution in [2.24, 2.45) is 20.6 Å². The van der Waals surface area contributed by atoms with Gasteiger partial charge in [0.05, 0.1) is 31.3 Å². The first-order valence-electron chi connectivity index (χ1n) is 9.07. The predicted molar refractivity (Wildman–Crippen MR) is 116 cm³/mol. The molecule has 2 aromatic rings. The van der Waals surface area contributed by atoms with E-state index in [1.807, 2.05) is 68.5 Å². The predicted octanol–water partition coefficient (Wildman–Crippen LogP) is 6.93. The molecule has 0 bridgehead atoms. The lowest BCUT2D eigenvalue weighted by Crippen LogP contribution is -1.92. The number of ether oxygens (including phenoxy) is 2. The summed E-state index contributed by atoms with van der Waals surface area (Å²) in [6, 6.07) is 12.8. The molecule has 150 valence electrons. The Kier molecular flexibility index (Phi) is 8.82. The minimum Gasteiger partial charge on any atom is -0.495 e. The largest absolute Gasteiger partial charge is 0.495 e. The Hall–Kier alpha value is -3.74. The average Bonchev–Trinajstić information content (AvgIpc) is 2.76. The lowest BCUT2D eigenvalue weighted by Gasteiger charge is -2.06. The van der Waals surface area contributed by atoms with Crippen LogP contribution in [0.4, 0.5) is 17.1 Å². The quantitative estimate of drug-likeness (QED) is 0.286. The number of rotatable bonds is 9. The molecular weight excluding hydrogens is 366 g/mol. The fourth-order valence-electron chi connectivity index (χ4n) is 2.28. The second-order valence-electron chi connectivity index (χ2n) is 5.69. The maximum atomic E-state index is 5.41. The van der Waals surface area contributed by atoms with Crippen LogP contribution >= 0.6 is 0 Å². The maximum absolute atomic E-state index is 5.41. The number of hydrogen-bond acceptors (Lipinski definition) is 6. The fourth-order valence-corrected chi connectivity index (χ4v) is 2.28. The van der Waals surface area contributed by atoms with E-state index in [-0.39, 0.29) is 0 Å². The smallest absolute Gasteiger partial charge is 0.148 e. The van der Waals surface area contributed by atoms with Crippen molar-refractivity contribution in [2.45, 2.75) is 13.8 Å². The van der Waals surface area contributed by atoms with Gasteiger partial charge in [-0.15, -0.1) is 5.11 Å². The molecule has 29 heavy (non-hydrogen) atoms. The zero-order chi connectivity index (χ0) is 20.9. The standard InChI is InChI=1S/C22H25N5O2/c1-5-7-11-17(10-6-2)23-24-18-14-15-20(22(16-18)29-4)26-27-25-19-12-8-9-13-21(19)28-3/h5-16H,1-4H3,(H,25,26)/b7-5-,10-6-,17-11+,24-23?. The molecule has 0 radical (unpaired) electrons. The van der Waals surface area contributed by atoms with Crippen molar-refractivity contribution in [3.8, 4) is 11.5 Å². The van der Waals surface area contributed by atoms with Crippen LogP contribution in [0.1, 0.15) is 13.8 Å². The number of benzene rings is 2. The van der Waals surface area contributed by atoms with E-state index in [0.29, 0.717) is 28.6 Å². The number of methoxy groups -OCH3 is 2. The van der Waals surface area contributed by atoms with Gasteiger partial charge in [0.1, 0.15) is 17.2 Å². The van der Waals surface area contributed by atoms with Crippen molar-refractivity contribution in [3.05, 3.63) is 78.5 Å². The van der Waals surface area contributed by atoms with Gasteiger partial charge in [0.25, 0.3) is 0 Å². The summed E-state index contributed by atoms with van der Waals surface area (Å²) in [5, 5.41) is 16.7. The summed E-state index contributed by atoms with van der Waals surface area (Å²) < 4.78 is 10.7. The van der Waals surface area contributed by atoms with Gasteiger partial charge in [-0.2, -0.15) is 10.2 Å². The molecule has 0 aliphatic carbocycles. The third-order valence-electron chi connectivity index (χ3n) is 3.68. The molecule has 0 aliphatic rings. The van der Waals surface area contributed by atoms with E-state index in [0.717, 1.165) is 5.70 Å². The number of nitrogens with zero attached hydrogens (tertiary/aromatic N) is 4. The number of allylic oxidation sites excluding steroid dienone is 5. The van der Waals surface area contributed by atoms with Crippen molar-refractivity contribution in [3.63, 3.8) is 0 Å². The highest BCUT2D eigenvalue weighted by Crippen LogP contribution is 2.32. The van der Waals surface area contributed by atoms with Crippen LogP contribution in [0.2, 0.25) is 0 Å². The van der Waals surface area contributed by atoms with E-state index in [2.05, 4.69) is 26.0 Å². The number of anilines is 1. The van der Waals surface area contributed by atoms with E-state index in [1.165, 1.54) is 0 Å². The van der Waals surface area contributed by atoms with Crippen LogP contribution in [0.5, 0.6) is 11.5 Å². The van der Waals surface area contributed by atoms with Gasteiger partial charge >= 0.3 is 0 Å². The van der Waals surface area contributed by atoms with Crippen molar-refractivity contribution < 1.29 is 9.47 Å². The van der Waals surface area contributed by atoms with E-state index in [4.69, 9.17) is 9.47 Å². The summed E-state index contributed by atoms with van der Waals surface area (Å²) in [5.41, 5.74) is 5.54. The zero-order valence-corrected chi connectivity index (χ0v) is 17.0. The normalized spacial score (nSPS) is 12.5. The Morgan fingerprint density at radius 2 is 1.72 bits per heavy atom. The van der Waals surface area contributed by atoms with Gasteiger partial charge in [0.15, 0.2) is 0 Å². The molecule has 0 amide bonds. The van der Waals surface area contributed by atoms with E-state index in [9.17, 15) is 0 Å². The first-order valence-corrected chi connectivity index (χ1v) is 9.07. The Morgan fingerprint density at radius 1 is 0.931 bits per heavy atom. The number of azo groups is 1. The number of nitrogens with one attached hydrogen (secondary N) is 1. The molecule has 7 nitrogen and oxygen atoms in total. The zero-order valence-electron chi connectivity index (χ0n) is 17.0.